The van der Waals surface area contributed by atoms with Gasteiger partial charge in [-0.3, -0.25) is 0 Å². The van der Waals surface area contributed by atoms with E-state index >= 15 is 0 Å². The van der Waals surface area contributed by atoms with Gasteiger partial charge in [-0.25, -0.2) is 0 Å². The third kappa shape index (κ3) is 5.06. The van der Waals surface area contributed by atoms with Gasteiger partial charge in [-0.15, -0.1) is 0 Å². The number of hydrogen-bond donors (Lipinski definition) is 0. The normalized spacial score (nSPS) is 12.9. The molecule has 0 amide bonds. The molecule has 1 aliphatic carbocycles. The Morgan fingerprint density at radius 1 is 0.356 bits per heavy atom. The average molecular weight is 752 g/mol. The molecule has 0 saturated heterocycles. The minimum atomic E-state index is -0.512. The van der Waals surface area contributed by atoms with Crippen molar-refractivity contribution in [1.82, 2.24) is 0 Å². The molecule has 276 valence electrons. The van der Waals surface area contributed by atoms with Crippen LogP contribution in [0.1, 0.15) is 22.3 Å². The largest absolute Gasteiger partial charge is 0.455 e. The molecule has 0 atom stereocenters. The summed E-state index contributed by atoms with van der Waals surface area (Å²) in [5.41, 5.74) is 14.5. The summed E-state index contributed by atoms with van der Waals surface area (Å²) < 4.78 is 6.86. The molecule has 0 N–H and O–H groups in total. The Morgan fingerprint density at radius 2 is 0.966 bits per heavy atom. The molecule has 1 heterocycles. The van der Waals surface area contributed by atoms with E-state index in [1.165, 1.54) is 49.7 Å². The minimum absolute atomic E-state index is 0.512. The molecule has 0 radical (unpaired) electrons. The molecule has 1 aromatic heterocycles. The van der Waals surface area contributed by atoms with Gasteiger partial charge >= 0.3 is 0 Å². The van der Waals surface area contributed by atoms with Gasteiger partial charge in [0.15, 0.2) is 0 Å². The van der Waals surface area contributed by atoms with Gasteiger partial charge < -0.3 is 9.32 Å². The van der Waals surface area contributed by atoms with Crippen molar-refractivity contribution in [3.05, 3.63) is 247 Å². The number of nitrogens with zero attached hydrogens (tertiary/aromatic N) is 1. The molecular formula is C57H37NO. The summed E-state index contributed by atoms with van der Waals surface area (Å²) in [5, 5.41) is 6.87. The quantitative estimate of drug-likeness (QED) is 0.168. The number of para-hydroxylation sites is 1. The lowest BCUT2D eigenvalue weighted by molar-refractivity contribution is 0.673. The lowest BCUT2D eigenvalue weighted by Gasteiger charge is -2.35. The fourth-order valence-electron chi connectivity index (χ4n) is 9.89. The summed E-state index contributed by atoms with van der Waals surface area (Å²) in [5.74, 6) is 0. The topological polar surface area (TPSA) is 16.4 Å². The smallest absolute Gasteiger partial charge is 0.143 e. The first-order valence-corrected chi connectivity index (χ1v) is 20.3. The van der Waals surface area contributed by atoms with Crippen LogP contribution in [0.5, 0.6) is 0 Å². The summed E-state index contributed by atoms with van der Waals surface area (Å²) in [6.07, 6.45) is 0. The van der Waals surface area contributed by atoms with Gasteiger partial charge in [0.25, 0.3) is 0 Å². The van der Waals surface area contributed by atoms with Crippen LogP contribution in [-0.4, -0.2) is 0 Å². The Balaban J connectivity index is 1.10. The maximum atomic E-state index is 6.86. The highest BCUT2D eigenvalue weighted by Gasteiger charge is 2.46. The van der Waals surface area contributed by atoms with Crippen molar-refractivity contribution in [1.29, 1.82) is 0 Å². The van der Waals surface area contributed by atoms with Crippen LogP contribution in [0.2, 0.25) is 0 Å². The van der Waals surface area contributed by atoms with Gasteiger partial charge in [0.1, 0.15) is 11.2 Å². The van der Waals surface area contributed by atoms with E-state index in [0.717, 1.165) is 55.3 Å². The van der Waals surface area contributed by atoms with Crippen molar-refractivity contribution in [3.63, 3.8) is 0 Å². The zero-order chi connectivity index (χ0) is 38.9. The van der Waals surface area contributed by atoms with Gasteiger partial charge in [-0.2, -0.15) is 0 Å². The summed E-state index contributed by atoms with van der Waals surface area (Å²) in [4.78, 5) is 2.44. The number of rotatable bonds is 6. The predicted octanol–water partition coefficient (Wildman–Crippen LogP) is 15.4. The molecule has 10 aromatic carbocycles. The summed E-state index contributed by atoms with van der Waals surface area (Å²) >= 11 is 0. The van der Waals surface area contributed by atoms with Gasteiger partial charge in [0.2, 0.25) is 0 Å². The van der Waals surface area contributed by atoms with E-state index in [1.807, 2.05) is 0 Å². The fourth-order valence-corrected chi connectivity index (χ4v) is 9.89. The zero-order valence-corrected chi connectivity index (χ0v) is 32.2. The number of hydrogen-bond acceptors (Lipinski definition) is 2. The molecule has 0 saturated carbocycles. The average Bonchev–Trinajstić information content (AvgIpc) is 3.83. The molecule has 0 spiro atoms. The highest BCUT2D eigenvalue weighted by molar-refractivity contribution is 6.20. The van der Waals surface area contributed by atoms with Crippen molar-refractivity contribution < 1.29 is 4.42 Å². The monoisotopic (exact) mass is 751 g/mol. The summed E-state index contributed by atoms with van der Waals surface area (Å²) in [6, 6.07) is 81.8. The van der Waals surface area contributed by atoms with Crippen LogP contribution in [0.25, 0.3) is 65.7 Å². The van der Waals surface area contributed by atoms with E-state index in [2.05, 4.69) is 229 Å². The third-order valence-corrected chi connectivity index (χ3v) is 12.5. The first-order chi connectivity index (χ1) is 29.3. The highest BCUT2D eigenvalue weighted by Crippen LogP contribution is 2.57. The molecule has 0 bridgehead atoms. The van der Waals surface area contributed by atoms with Crippen molar-refractivity contribution in [3.8, 4) is 22.3 Å². The lowest BCUT2D eigenvalue weighted by atomic mass is 9.67. The number of benzene rings is 10. The fraction of sp³-hybridized carbons (Fsp3) is 0.0175. The summed E-state index contributed by atoms with van der Waals surface area (Å²) in [7, 11) is 0. The Kier molecular flexibility index (Phi) is 7.48. The maximum Gasteiger partial charge on any atom is 0.143 e. The van der Waals surface area contributed by atoms with E-state index in [1.54, 1.807) is 0 Å². The zero-order valence-electron chi connectivity index (χ0n) is 32.2. The molecule has 2 heteroatoms. The van der Waals surface area contributed by atoms with Gasteiger partial charge in [-0.1, -0.05) is 176 Å². The minimum Gasteiger partial charge on any atom is -0.455 e. The number of anilines is 3. The van der Waals surface area contributed by atoms with Gasteiger partial charge in [-0.05, 0) is 104 Å². The molecule has 11 aromatic rings. The van der Waals surface area contributed by atoms with Gasteiger partial charge in [0.05, 0.1) is 11.1 Å². The van der Waals surface area contributed by atoms with Crippen molar-refractivity contribution in [2.45, 2.75) is 5.41 Å². The first kappa shape index (κ1) is 33.5. The van der Waals surface area contributed by atoms with Gasteiger partial charge in [0, 0.05) is 32.9 Å². The molecule has 0 aliphatic heterocycles. The van der Waals surface area contributed by atoms with E-state index < -0.39 is 5.41 Å². The molecule has 0 fully saturated rings. The molecule has 1 aliphatic rings. The van der Waals surface area contributed by atoms with Crippen molar-refractivity contribution in [2.75, 3.05) is 4.90 Å². The second-order valence-electron chi connectivity index (χ2n) is 15.6. The molecule has 12 rings (SSSR count). The Labute approximate surface area is 342 Å². The van der Waals surface area contributed by atoms with Crippen LogP contribution >= 0.6 is 0 Å². The predicted molar refractivity (Wildman–Crippen MR) is 246 cm³/mol. The van der Waals surface area contributed by atoms with Crippen LogP contribution < -0.4 is 4.90 Å². The van der Waals surface area contributed by atoms with Crippen molar-refractivity contribution >= 4 is 60.5 Å². The van der Waals surface area contributed by atoms with Crippen LogP contribution in [0.15, 0.2) is 229 Å². The molecule has 2 nitrogen and oxygen atoms in total. The van der Waals surface area contributed by atoms with Crippen LogP contribution in [0, 0.1) is 0 Å². The Hall–Kier alpha value is -7.68. The Morgan fingerprint density at radius 3 is 1.75 bits per heavy atom. The second kappa shape index (κ2) is 13.2. The number of furan rings is 1. The van der Waals surface area contributed by atoms with Crippen LogP contribution in [0.3, 0.4) is 0 Å². The Bertz CT molecular complexity index is 3340. The SMILES string of the molecule is c1ccc(N(c2ccc3c(c2)C(c2ccccc2)(c2ccccc2)c2ccccc2-3)c2cc3c4ccc(-c5ccc6ccccc6c5)cc4oc3c3ccccc23)cc1. The third-order valence-electron chi connectivity index (χ3n) is 12.5. The van der Waals surface area contributed by atoms with Crippen LogP contribution in [0.4, 0.5) is 17.1 Å². The van der Waals surface area contributed by atoms with E-state index in [0.29, 0.717) is 0 Å². The second-order valence-corrected chi connectivity index (χ2v) is 15.6. The van der Waals surface area contributed by atoms with Crippen molar-refractivity contribution in [2.24, 2.45) is 0 Å². The van der Waals surface area contributed by atoms with E-state index in [-0.39, 0.29) is 0 Å². The molecule has 59 heavy (non-hydrogen) atoms. The first-order valence-electron chi connectivity index (χ1n) is 20.3. The highest BCUT2D eigenvalue weighted by atomic mass is 16.3. The molecule has 0 unspecified atom stereocenters. The van der Waals surface area contributed by atoms with Crippen LogP contribution in [-0.2, 0) is 5.41 Å². The standard InChI is InChI=1S/C57H37NO/c1-4-18-42(19-5-1)57(43-20-6-2-7-21-43)52-27-15-14-24-46(52)47-33-31-45(36-53(47)57)58(44-22-8-3-9-23-44)54-37-51-49-32-30-41(40-29-28-38-16-10-11-17-39(38)34-40)35-55(49)59-56(51)50-26-13-12-25-48(50)54/h1-37H. The van der Waals surface area contributed by atoms with E-state index in [9.17, 15) is 0 Å². The summed E-state index contributed by atoms with van der Waals surface area (Å²) in [6.45, 7) is 0. The van der Waals surface area contributed by atoms with E-state index in [4.69, 9.17) is 4.42 Å². The molecular weight excluding hydrogens is 715 g/mol. The lowest BCUT2D eigenvalue weighted by Crippen LogP contribution is -2.28. The maximum absolute atomic E-state index is 6.86. The number of fused-ring (bicyclic) bond motifs is 9.